The number of H-pyrrole nitrogens is 1. The maximum absolute atomic E-state index is 14.8. The molecular formula is C57H54N8O10S3. The number of allylic oxidation sites excluding steroid dienone is 1. The normalized spacial score (nSPS) is 16.0. The van der Waals surface area contributed by atoms with E-state index in [9.17, 15) is 29.1 Å². The van der Waals surface area contributed by atoms with Crippen LogP contribution in [0.15, 0.2) is 200 Å². The molecule has 78 heavy (non-hydrogen) atoms. The van der Waals surface area contributed by atoms with Crippen molar-refractivity contribution in [2.24, 2.45) is 5.16 Å². The lowest BCUT2D eigenvalue weighted by Crippen LogP contribution is -2.71. The number of rotatable bonds is 23. The summed E-state index contributed by atoms with van der Waals surface area (Å²) in [4.78, 5) is 80.9. The lowest BCUT2D eigenvalue weighted by molar-refractivity contribution is -0.192. The molecule has 3 unspecified atom stereocenters. The zero-order chi connectivity index (χ0) is 54.6. The number of anilines is 1. The number of aromatic nitrogens is 4. The van der Waals surface area contributed by atoms with Gasteiger partial charge in [-0.25, -0.2) is 14.9 Å². The van der Waals surface area contributed by atoms with E-state index in [1.54, 1.807) is 30.7 Å². The van der Waals surface area contributed by atoms with Crippen molar-refractivity contribution in [3.63, 3.8) is 0 Å². The van der Waals surface area contributed by atoms with Crippen LogP contribution in [-0.2, 0) is 45.5 Å². The van der Waals surface area contributed by atoms with Gasteiger partial charge in [-0.2, -0.15) is 0 Å². The Balaban J connectivity index is 1.00. The Labute approximate surface area is 461 Å². The number of oxime groups is 1. The molecule has 1 saturated heterocycles. The average Bonchev–Trinajstić information content (AvgIpc) is 4.01. The average molecular weight is 1110 g/mol. The molecule has 0 saturated carbocycles. The molecule has 9 rings (SSSR count). The van der Waals surface area contributed by atoms with Gasteiger partial charge in [0.05, 0.1) is 6.54 Å². The van der Waals surface area contributed by atoms with E-state index in [4.69, 9.17) is 24.0 Å². The zero-order valence-electron chi connectivity index (χ0n) is 42.5. The molecule has 2 amide bonds. The molecule has 0 bridgehead atoms. The van der Waals surface area contributed by atoms with E-state index < -0.39 is 64.4 Å². The Morgan fingerprint density at radius 3 is 1.94 bits per heavy atom. The van der Waals surface area contributed by atoms with Crippen LogP contribution in [0.25, 0.3) is 0 Å². The van der Waals surface area contributed by atoms with Crippen LogP contribution < -0.4 is 21.8 Å². The van der Waals surface area contributed by atoms with Crippen molar-refractivity contribution in [3.05, 3.63) is 234 Å². The molecule has 2 aliphatic heterocycles. The number of thioether (sulfide) groups is 2. The lowest BCUT2D eigenvalue weighted by Gasteiger charge is -2.49. The van der Waals surface area contributed by atoms with Crippen molar-refractivity contribution in [1.82, 2.24) is 30.0 Å². The first kappa shape index (κ1) is 54.9. The molecule has 1 fully saturated rings. The zero-order valence-corrected chi connectivity index (χ0v) is 44.9. The predicted octanol–water partition coefficient (Wildman–Crippen LogP) is 7.20. The van der Waals surface area contributed by atoms with Crippen LogP contribution in [0, 0.1) is 0 Å². The van der Waals surface area contributed by atoms with Crippen molar-refractivity contribution in [2.75, 3.05) is 31.4 Å². The SMILES string of the molecule is CCOC(OCC)C(O)Cn1c(S/C=C/C2=C(C(=O)OC(c3ccccc3)c3ccccc3)N3C(=O)C(NC(=O)/C(=N\OC)c4csc(NC(c5ccccc5)(c5ccccc5)c5ccccc5)n4)C3SC2)n[nH]c(=O)c1=O. The number of fused-ring (bicyclic) bond motifs is 1. The van der Waals surface area contributed by atoms with Gasteiger partial charge in [0.15, 0.2) is 28.4 Å². The fourth-order valence-electron chi connectivity index (χ4n) is 9.11. The second-order valence-corrected chi connectivity index (χ2v) is 20.3. The van der Waals surface area contributed by atoms with Gasteiger partial charge in [0.2, 0.25) is 0 Å². The minimum absolute atomic E-state index is 0.00295. The largest absolute Gasteiger partial charge is 0.448 e. The van der Waals surface area contributed by atoms with Crippen LogP contribution >= 0.6 is 34.9 Å². The summed E-state index contributed by atoms with van der Waals surface area (Å²) < 4.78 is 18.4. The Morgan fingerprint density at radius 2 is 1.40 bits per heavy atom. The highest BCUT2D eigenvalue weighted by Crippen LogP contribution is 2.43. The number of hydrogen-bond acceptors (Lipinski definition) is 17. The Hall–Kier alpha value is -7.92. The van der Waals surface area contributed by atoms with Gasteiger partial charge >= 0.3 is 17.1 Å². The maximum Gasteiger partial charge on any atom is 0.356 e. The number of aromatic amines is 1. The molecule has 0 radical (unpaired) electrons. The summed E-state index contributed by atoms with van der Waals surface area (Å²) in [6, 6.07) is 47.2. The smallest absolute Gasteiger partial charge is 0.356 e. The third-order valence-corrected chi connectivity index (χ3v) is 15.5. The van der Waals surface area contributed by atoms with Gasteiger partial charge in [-0.1, -0.05) is 169 Å². The summed E-state index contributed by atoms with van der Waals surface area (Å²) in [6.07, 6.45) is -1.73. The predicted molar refractivity (Wildman–Crippen MR) is 299 cm³/mol. The van der Waals surface area contributed by atoms with E-state index in [-0.39, 0.29) is 47.8 Å². The van der Waals surface area contributed by atoms with E-state index in [0.29, 0.717) is 21.8 Å². The topological polar surface area (TPSA) is 229 Å². The number of thiazole rings is 1. The van der Waals surface area contributed by atoms with Crippen LogP contribution in [0.3, 0.4) is 0 Å². The number of amides is 2. The summed E-state index contributed by atoms with van der Waals surface area (Å²) >= 11 is 3.48. The summed E-state index contributed by atoms with van der Waals surface area (Å²) in [6.45, 7) is 3.50. The molecular weight excluding hydrogens is 1050 g/mol. The first-order valence-electron chi connectivity index (χ1n) is 24.8. The fourth-order valence-corrected chi connectivity index (χ4v) is 11.9. The molecule has 400 valence electrons. The fraction of sp³-hybridized carbons (Fsp3) is 0.228. The highest BCUT2D eigenvalue weighted by Gasteiger charge is 2.55. The second kappa shape index (κ2) is 25.5. The number of aliphatic hydroxyl groups is 1. The Bertz CT molecular complexity index is 3280. The molecule has 2 aliphatic rings. The molecule has 4 N–H and O–H groups in total. The number of carbonyl (C=O) groups excluding carboxylic acids is 3. The van der Waals surface area contributed by atoms with Gasteiger partial charge in [-0.05, 0) is 58.7 Å². The number of carbonyl (C=O) groups is 3. The van der Waals surface area contributed by atoms with E-state index in [1.807, 2.05) is 152 Å². The molecule has 21 heteroatoms. The second-order valence-electron chi connectivity index (χ2n) is 17.5. The number of ether oxygens (including phenoxy) is 3. The van der Waals surface area contributed by atoms with Gasteiger partial charge < -0.3 is 34.8 Å². The quantitative estimate of drug-likeness (QED) is 0.00726. The van der Waals surface area contributed by atoms with Crippen LogP contribution in [0.1, 0.15) is 53.5 Å². The number of nitrogens with one attached hydrogen (secondary N) is 3. The summed E-state index contributed by atoms with van der Waals surface area (Å²) in [5.41, 5.74) is 1.63. The highest BCUT2D eigenvalue weighted by atomic mass is 32.2. The molecule has 0 aliphatic carbocycles. The van der Waals surface area contributed by atoms with E-state index in [2.05, 4.69) is 26.0 Å². The maximum atomic E-state index is 14.8. The number of benzene rings is 5. The van der Waals surface area contributed by atoms with Gasteiger partial charge in [-0.15, -0.1) is 28.2 Å². The third-order valence-electron chi connectivity index (χ3n) is 12.7. The summed E-state index contributed by atoms with van der Waals surface area (Å²) in [5, 5.41) is 30.9. The minimum atomic E-state index is -1.35. The van der Waals surface area contributed by atoms with Crippen LogP contribution in [0.4, 0.5) is 5.13 Å². The van der Waals surface area contributed by atoms with Crippen molar-refractivity contribution in [3.8, 4) is 0 Å². The van der Waals surface area contributed by atoms with Gasteiger partial charge in [0, 0.05) is 24.3 Å². The molecule has 7 aromatic rings. The molecule has 0 spiro atoms. The van der Waals surface area contributed by atoms with Crippen molar-refractivity contribution in [2.45, 2.75) is 61.0 Å². The number of aliphatic hydroxyl groups excluding tert-OH is 1. The number of esters is 1. The highest BCUT2D eigenvalue weighted by molar-refractivity contribution is 8.02. The number of nitrogens with zero attached hydrogens (tertiary/aromatic N) is 5. The standard InChI is InChI=1S/C57H54N8O10S3/c1-4-73-54(74-5-2)43(66)33-64-51(70)49(68)61-62-56(64)76-32-31-38-34-77-52-45(50(69)65(52)46(38)53(71)75-47(36-21-11-6-12-22-36)37-23-13-7-14-24-37)59-48(67)44(63-72-3)42-35-78-55(58-42)60-57(39-25-15-8-16-26-39,40-27-17-9-18-28-40)41-29-19-10-20-30-41/h6-32,35,43,45,47,52,54,66H,4-5,33-34H2,1-3H3,(H,58,60)(H,59,67)(H,61,68)/b32-31+,63-44-. The molecule has 3 atom stereocenters. The molecule has 5 aromatic carbocycles. The van der Waals surface area contributed by atoms with Gasteiger partial charge in [0.1, 0.15) is 41.6 Å². The number of β-lactam (4-membered cyclic amide) rings is 1. The van der Waals surface area contributed by atoms with Crippen molar-refractivity contribution < 1.29 is 38.5 Å². The van der Waals surface area contributed by atoms with Crippen LogP contribution in [0.2, 0.25) is 0 Å². The minimum Gasteiger partial charge on any atom is -0.448 e. The molecule has 18 nitrogen and oxygen atoms in total. The van der Waals surface area contributed by atoms with E-state index >= 15 is 0 Å². The van der Waals surface area contributed by atoms with Crippen molar-refractivity contribution >= 4 is 63.5 Å². The third kappa shape index (κ3) is 11.8. The summed E-state index contributed by atoms with van der Waals surface area (Å²) in [5.74, 6) is -2.00. The lowest BCUT2D eigenvalue weighted by atomic mass is 9.77. The van der Waals surface area contributed by atoms with Crippen LogP contribution in [0.5, 0.6) is 0 Å². The Morgan fingerprint density at radius 1 is 0.846 bits per heavy atom. The monoisotopic (exact) mass is 1110 g/mol. The first-order chi connectivity index (χ1) is 38.1. The van der Waals surface area contributed by atoms with Gasteiger partial charge in [-0.3, -0.25) is 28.6 Å². The van der Waals surface area contributed by atoms with E-state index in [0.717, 1.165) is 33.0 Å². The molecule has 2 aromatic heterocycles. The van der Waals surface area contributed by atoms with Crippen LogP contribution in [-0.4, -0.2) is 103 Å². The summed E-state index contributed by atoms with van der Waals surface area (Å²) in [7, 11) is 1.31. The van der Waals surface area contributed by atoms with E-state index in [1.165, 1.54) is 35.1 Å². The van der Waals surface area contributed by atoms with Gasteiger partial charge in [0.25, 0.3) is 11.8 Å². The molecule has 4 heterocycles. The first-order valence-corrected chi connectivity index (χ1v) is 27.6. The number of hydrogen-bond donors (Lipinski definition) is 4. The van der Waals surface area contributed by atoms with Crippen molar-refractivity contribution in [1.29, 1.82) is 0 Å². The Kier molecular flexibility index (Phi) is 17.9.